The molecule has 1 aliphatic heterocycles. The van der Waals surface area contributed by atoms with Gasteiger partial charge in [0.25, 0.3) is 0 Å². The second kappa shape index (κ2) is 7.75. The average Bonchev–Trinajstić information content (AvgIpc) is 2.51. The van der Waals surface area contributed by atoms with E-state index in [1.807, 2.05) is 26.8 Å². The molecule has 1 aromatic rings. The molecular formula is C18H28N2O2. The molecule has 0 radical (unpaired) electrons. The molecular weight excluding hydrogens is 276 g/mol. The molecule has 122 valence electrons. The van der Waals surface area contributed by atoms with Crippen molar-refractivity contribution in [1.29, 1.82) is 0 Å². The van der Waals surface area contributed by atoms with Crippen LogP contribution in [0.5, 0.6) is 0 Å². The summed E-state index contributed by atoms with van der Waals surface area (Å²) in [6.07, 6.45) is 1.14. The number of carbonyl (C=O) groups excluding carboxylic acids is 1. The quantitative estimate of drug-likeness (QED) is 0.850. The number of benzene rings is 1. The van der Waals surface area contributed by atoms with Crippen molar-refractivity contribution in [1.82, 2.24) is 10.2 Å². The summed E-state index contributed by atoms with van der Waals surface area (Å²) in [5, 5.41) is 3.01. The van der Waals surface area contributed by atoms with Crippen molar-refractivity contribution in [2.45, 2.75) is 33.3 Å². The maximum Gasteiger partial charge on any atom is 0.225 e. The first-order valence-electron chi connectivity index (χ1n) is 8.14. The largest absolute Gasteiger partial charge is 0.371 e. The Labute approximate surface area is 133 Å². The molecule has 2 rings (SSSR count). The molecule has 22 heavy (non-hydrogen) atoms. The summed E-state index contributed by atoms with van der Waals surface area (Å²) in [4.78, 5) is 14.2. The van der Waals surface area contributed by atoms with Gasteiger partial charge in [0, 0.05) is 31.6 Å². The minimum absolute atomic E-state index is 0.122. The van der Waals surface area contributed by atoms with Gasteiger partial charge < -0.3 is 10.1 Å². The highest BCUT2D eigenvalue weighted by atomic mass is 16.5. The van der Waals surface area contributed by atoms with Gasteiger partial charge in [-0.15, -0.1) is 0 Å². The second-order valence-corrected chi connectivity index (χ2v) is 6.93. The van der Waals surface area contributed by atoms with E-state index >= 15 is 0 Å². The van der Waals surface area contributed by atoms with Gasteiger partial charge in [0.05, 0.1) is 12.7 Å². The highest BCUT2D eigenvalue weighted by Crippen LogP contribution is 2.21. The lowest BCUT2D eigenvalue weighted by Crippen LogP contribution is -2.40. The molecule has 1 aliphatic rings. The Kier molecular flexibility index (Phi) is 5.98. The first-order chi connectivity index (χ1) is 10.5. The molecule has 0 aliphatic carbocycles. The third kappa shape index (κ3) is 5.11. The van der Waals surface area contributed by atoms with Crippen LogP contribution in [0.2, 0.25) is 0 Å². The average molecular weight is 304 g/mol. The van der Waals surface area contributed by atoms with E-state index in [4.69, 9.17) is 4.74 Å². The minimum atomic E-state index is -0.308. The maximum absolute atomic E-state index is 11.8. The smallest absolute Gasteiger partial charge is 0.225 e. The van der Waals surface area contributed by atoms with Crippen LogP contribution in [-0.2, 0) is 9.53 Å². The zero-order valence-corrected chi connectivity index (χ0v) is 14.0. The van der Waals surface area contributed by atoms with Gasteiger partial charge in [0.1, 0.15) is 0 Å². The molecule has 4 heteroatoms. The SMILES string of the molecule is CC(C)(C)C(=O)NCCCN1CCOC(c2ccccc2)C1. The van der Waals surface area contributed by atoms with Crippen LogP contribution in [0, 0.1) is 5.41 Å². The monoisotopic (exact) mass is 304 g/mol. The van der Waals surface area contributed by atoms with Crippen LogP contribution in [0.3, 0.4) is 0 Å². The summed E-state index contributed by atoms with van der Waals surface area (Å²) >= 11 is 0. The summed E-state index contributed by atoms with van der Waals surface area (Å²) in [5.41, 5.74) is 0.936. The van der Waals surface area contributed by atoms with Crippen molar-refractivity contribution in [3.8, 4) is 0 Å². The molecule has 1 amide bonds. The Morgan fingerprint density at radius 2 is 2.05 bits per heavy atom. The van der Waals surface area contributed by atoms with Gasteiger partial charge in [-0.05, 0) is 12.0 Å². The number of ether oxygens (including phenoxy) is 1. The molecule has 1 unspecified atom stereocenters. The predicted octanol–water partition coefficient (Wildman–Crippen LogP) is 2.61. The van der Waals surface area contributed by atoms with Crippen LogP contribution >= 0.6 is 0 Å². The Morgan fingerprint density at radius 3 is 2.73 bits per heavy atom. The zero-order valence-electron chi connectivity index (χ0n) is 14.0. The van der Waals surface area contributed by atoms with Gasteiger partial charge in [-0.3, -0.25) is 9.69 Å². The summed E-state index contributed by atoms with van der Waals surface area (Å²) in [7, 11) is 0. The molecule has 1 fully saturated rings. The fraction of sp³-hybridized carbons (Fsp3) is 0.611. The van der Waals surface area contributed by atoms with Crippen molar-refractivity contribution < 1.29 is 9.53 Å². The third-order valence-electron chi connectivity index (χ3n) is 3.94. The first kappa shape index (κ1) is 17.0. The molecule has 1 atom stereocenters. The minimum Gasteiger partial charge on any atom is -0.371 e. The first-order valence-corrected chi connectivity index (χ1v) is 8.14. The maximum atomic E-state index is 11.8. The lowest BCUT2D eigenvalue weighted by Gasteiger charge is -2.33. The number of hydrogen-bond acceptors (Lipinski definition) is 3. The van der Waals surface area contributed by atoms with Crippen molar-refractivity contribution >= 4 is 5.91 Å². The van der Waals surface area contributed by atoms with Crippen LogP contribution in [0.15, 0.2) is 30.3 Å². The van der Waals surface area contributed by atoms with Gasteiger partial charge in [-0.25, -0.2) is 0 Å². The fourth-order valence-electron chi connectivity index (χ4n) is 2.54. The van der Waals surface area contributed by atoms with E-state index in [1.54, 1.807) is 0 Å². The normalized spacial score (nSPS) is 19.9. The summed E-state index contributed by atoms with van der Waals surface area (Å²) in [6.45, 7) is 10.2. The molecule has 0 spiro atoms. The molecule has 1 heterocycles. The van der Waals surface area contributed by atoms with Crippen LogP contribution in [0.1, 0.15) is 38.9 Å². The Morgan fingerprint density at radius 1 is 1.32 bits per heavy atom. The Hall–Kier alpha value is -1.39. The van der Waals surface area contributed by atoms with Gasteiger partial charge >= 0.3 is 0 Å². The van der Waals surface area contributed by atoms with Gasteiger partial charge in [-0.2, -0.15) is 0 Å². The van der Waals surface area contributed by atoms with E-state index in [2.05, 4.69) is 34.5 Å². The highest BCUT2D eigenvalue weighted by molar-refractivity contribution is 5.81. The van der Waals surface area contributed by atoms with E-state index < -0.39 is 0 Å². The van der Waals surface area contributed by atoms with E-state index in [0.717, 1.165) is 39.2 Å². The molecule has 1 saturated heterocycles. The second-order valence-electron chi connectivity index (χ2n) is 6.93. The van der Waals surface area contributed by atoms with E-state index in [1.165, 1.54) is 5.56 Å². The van der Waals surface area contributed by atoms with Crippen LogP contribution < -0.4 is 5.32 Å². The van der Waals surface area contributed by atoms with E-state index in [9.17, 15) is 4.79 Å². The lowest BCUT2D eigenvalue weighted by molar-refractivity contribution is -0.128. The number of amides is 1. The van der Waals surface area contributed by atoms with E-state index in [-0.39, 0.29) is 17.4 Å². The van der Waals surface area contributed by atoms with Crippen LogP contribution in [0.4, 0.5) is 0 Å². The van der Waals surface area contributed by atoms with Gasteiger partial charge in [0.15, 0.2) is 0 Å². The van der Waals surface area contributed by atoms with Crippen molar-refractivity contribution in [2.75, 3.05) is 32.8 Å². The standard InChI is InChI=1S/C18H28N2O2/c1-18(2,3)17(21)19-10-7-11-20-12-13-22-16(14-20)15-8-5-4-6-9-15/h4-6,8-9,16H,7,10-14H2,1-3H3,(H,19,21). The number of carbonyl (C=O) groups is 1. The lowest BCUT2D eigenvalue weighted by atomic mass is 9.96. The number of hydrogen-bond donors (Lipinski definition) is 1. The Bertz CT molecular complexity index is 468. The number of rotatable bonds is 5. The molecule has 0 saturated carbocycles. The molecule has 0 bridgehead atoms. The summed E-state index contributed by atoms with van der Waals surface area (Å²) < 4.78 is 5.87. The van der Waals surface area contributed by atoms with Crippen molar-refractivity contribution in [2.24, 2.45) is 5.41 Å². The zero-order chi connectivity index (χ0) is 16.0. The van der Waals surface area contributed by atoms with Crippen LogP contribution in [0.25, 0.3) is 0 Å². The Balaban J connectivity index is 1.71. The molecule has 0 aromatic heterocycles. The fourth-order valence-corrected chi connectivity index (χ4v) is 2.54. The van der Waals surface area contributed by atoms with Crippen LogP contribution in [-0.4, -0.2) is 43.6 Å². The number of nitrogens with zero attached hydrogens (tertiary/aromatic N) is 1. The van der Waals surface area contributed by atoms with Crippen molar-refractivity contribution in [3.63, 3.8) is 0 Å². The number of nitrogens with one attached hydrogen (secondary N) is 1. The third-order valence-corrected chi connectivity index (χ3v) is 3.94. The topological polar surface area (TPSA) is 41.6 Å². The molecule has 4 nitrogen and oxygen atoms in total. The summed E-state index contributed by atoms with van der Waals surface area (Å²) in [6, 6.07) is 10.4. The number of morpholine rings is 1. The molecule has 1 N–H and O–H groups in total. The van der Waals surface area contributed by atoms with Gasteiger partial charge in [0.2, 0.25) is 5.91 Å². The van der Waals surface area contributed by atoms with E-state index in [0.29, 0.717) is 0 Å². The highest BCUT2D eigenvalue weighted by Gasteiger charge is 2.22. The predicted molar refractivity (Wildman–Crippen MR) is 88.7 cm³/mol. The van der Waals surface area contributed by atoms with Gasteiger partial charge in [-0.1, -0.05) is 51.1 Å². The molecule has 1 aromatic carbocycles. The summed E-state index contributed by atoms with van der Waals surface area (Å²) in [5.74, 6) is 0.122. The van der Waals surface area contributed by atoms with Crippen molar-refractivity contribution in [3.05, 3.63) is 35.9 Å².